The van der Waals surface area contributed by atoms with Gasteiger partial charge in [-0.1, -0.05) is 18.7 Å². The molecule has 0 radical (unpaired) electrons. The molecule has 1 N–H and O–H groups in total. The highest BCUT2D eigenvalue weighted by atomic mass is 32.2. The number of pyridine rings is 1. The molecule has 0 bridgehead atoms. The summed E-state index contributed by atoms with van der Waals surface area (Å²) >= 11 is 1.48. The van der Waals surface area contributed by atoms with Crippen molar-refractivity contribution >= 4 is 29.4 Å². The van der Waals surface area contributed by atoms with E-state index in [0.717, 1.165) is 36.6 Å². The third-order valence-electron chi connectivity index (χ3n) is 5.59. The zero-order valence-corrected chi connectivity index (χ0v) is 20.2. The monoisotopic (exact) mass is 480 g/mol. The molecule has 3 aromatic heterocycles. The molecule has 10 heteroatoms. The van der Waals surface area contributed by atoms with Crippen molar-refractivity contribution in [3.05, 3.63) is 65.5 Å². The maximum atomic E-state index is 12.4. The number of thioether (sulfide) groups is 1. The minimum absolute atomic E-state index is 0.108. The summed E-state index contributed by atoms with van der Waals surface area (Å²) in [5.74, 6) is 2.20. The minimum Gasteiger partial charge on any atom is -0.455 e. The van der Waals surface area contributed by atoms with Crippen molar-refractivity contribution in [1.29, 1.82) is 0 Å². The van der Waals surface area contributed by atoms with E-state index in [4.69, 9.17) is 9.40 Å². The standard InChI is InChI=1S/C24H28N6O3S/c1-3-19-14-22(30-12-10-29(11-13-30)17(2)31)28-24(27-19)34-16-20-4-5-21(33-20)23(32)26-15-18-6-8-25-9-7-18/h4-9,14H,3,10-13,15-16H2,1-2H3,(H,26,32). The first-order chi connectivity index (χ1) is 16.5. The van der Waals surface area contributed by atoms with Crippen molar-refractivity contribution in [2.75, 3.05) is 31.1 Å². The first kappa shape index (κ1) is 23.7. The van der Waals surface area contributed by atoms with Gasteiger partial charge < -0.3 is 19.5 Å². The second-order valence-corrected chi connectivity index (χ2v) is 8.88. The number of furan rings is 1. The van der Waals surface area contributed by atoms with Crippen LogP contribution in [-0.4, -0.2) is 57.8 Å². The molecule has 1 fully saturated rings. The van der Waals surface area contributed by atoms with Crippen LogP contribution >= 0.6 is 11.8 Å². The van der Waals surface area contributed by atoms with E-state index in [-0.39, 0.29) is 17.6 Å². The highest BCUT2D eigenvalue weighted by Gasteiger charge is 2.21. The van der Waals surface area contributed by atoms with Crippen LogP contribution in [0.25, 0.3) is 0 Å². The fourth-order valence-electron chi connectivity index (χ4n) is 3.60. The van der Waals surface area contributed by atoms with E-state index in [0.29, 0.717) is 36.3 Å². The van der Waals surface area contributed by atoms with Crippen molar-refractivity contribution in [3.63, 3.8) is 0 Å². The Morgan fingerprint density at radius 2 is 1.85 bits per heavy atom. The SMILES string of the molecule is CCc1cc(N2CCN(C(C)=O)CC2)nc(SCc2ccc(C(=O)NCc3ccncc3)o2)n1. The van der Waals surface area contributed by atoms with Gasteiger partial charge in [-0.15, -0.1) is 0 Å². The van der Waals surface area contributed by atoms with Crippen LogP contribution in [0.5, 0.6) is 0 Å². The van der Waals surface area contributed by atoms with Gasteiger partial charge in [-0.25, -0.2) is 9.97 Å². The smallest absolute Gasteiger partial charge is 0.287 e. The Bertz CT molecular complexity index is 1130. The molecule has 2 amide bonds. The van der Waals surface area contributed by atoms with E-state index in [1.807, 2.05) is 23.1 Å². The summed E-state index contributed by atoms with van der Waals surface area (Å²) in [7, 11) is 0. The van der Waals surface area contributed by atoms with Crippen LogP contribution in [0.3, 0.4) is 0 Å². The summed E-state index contributed by atoms with van der Waals surface area (Å²) < 4.78 is 5.74. The normalized spacial score (nSPS) is 13.7. The molecule has 0 atom stereocenters. The molecular formula is C24H28N6O3S. The number of nitrogens with zero attached hydrogens (tertiary/aromatic N) is 5. The molecule has 4 rings (SSSR count). The van der Waals surface area contributed by atoms with Crippen molar-refractivity contribution in [2.45, 2.75) is 37.7 Å². The summed E-state index contributed by atoms with van der Waals surface area (Å²) in [6.07, 6.45) is 4.19. The quantitative estimate of drug-likeness (QED) is 0.388. The molecule has 1 aliphatic heterocycles. The van der Waals surface area contributed by atoms with E-state index >= 15 is 0 Å². The largest absolute Gasteiger partial charge is 0.455 e. The van der Waals surface area contributed by atoms with Gasteiger partial charge in [0.1, 0.15) is 11.6 Å². The molecular weight excluding hydrogens is 452 g/mol. The highest BCUT2D eigenvalue weighted by molar-refractivity contribution is 7.98. The zero-order chi connectivity index (χ0) is 23.9. The molecule has 4 heterocycles. The average Bonchev–Trinajstić information content (AvgIpc) is 3.36. The van der Waals surface area contributed by atoms with Gasteiger partial charge in [0.2, 0.25) is 5.91 Å². The van der Waals surface area contributed by atoms with Crippen LogP contribution in [0.15, 0.2) is 52.3 Å². The van der Waals surface area contributed by atoms with Gasteiger partial charge in [0.15, 0.2) is 10.9 Å². The van der Waals surface area contributed by atoms with Crippen LogP contribution in [0, 0.1) is 0 Å². The lowest BCUT2D eigenvalue weighted by Crippen LogP contribution is -2.48. The molecule has 1 aliphatic rings. The van der Waals surface area contributed by atoms with E-state index in [1.54, 1.807) is 31.5 Å². The number of aromatic nitrogens is 3. The second-order valence-electron chi connectivity index (χ2n) is 7.94. The van der Waals surface area contributed by atoms with E-state index in [2.05, 4.69) is 27.1 Å². The lowest BCUT2D eigenvalue weighted by molar-refractivity contribution is -0.129. The summed E-state index contributed by atoms with van der Waals surface area (Å²) in [4.78, 5) is 41.4. The predicted molar refractivity (Wildman–Crippen MR) is 130 cm³/mol. The van der Waals surface area contributed by atoms with Gasteiger partial charge >= 0.3 is 0 Å². The Morgan fingerprint density at radius 1 is 1.09 bits per heavy atom. The fourth-order valence-corrected chi connectivity index (χ4v) is 4.37. The predicted octanol–water partition coefficient (Wildman–Crippen LogP) is 2.92. The number of hydrogen-bond acceptors (Lipinski definition) is 8. The lowest BCUT2D eigenvalue weighted by Gasteiger charge is -2.35. The summed E-state index contributed by atoms with van der Waals surface area (Å²) in [6, 6.07) is 9.21. The molecule has 3 aromatic rings. The maximum Gasteiger partial charge on any atom is 0.287 e. The van der Waals surface area contributed by atoms with Gasteiger partial charge in [0.05, 0.1) is 5.75 Å². The third kappa shape index (κ3) is 6.13. The van der Waals surface area contributed by atoms with Gasteiger partial charge in [0, 0.05) is 63.8 Å². The minimum atomic E-state index is -0.260. The van der Waals surface area contributed by atoms with Crippen LogP contribution < -0.4 is 10.2 Å². The molecule has 0 aliphatic carbocycles. The van der Waals surface area contributed by atoms with Gasteiger partial charge in [-0.2, -0.15) is 0 Å². The van der Waals surface area contributed by atoms with E-state index in [1.165, 1.54) is 11.8 Å². The Kier molecular flexibility index (Phi) is 7.79. The number of nitrogens with one attached hydrogen (secondary N) is 1. The molecule has 178 valence electrons. The molecule has 34 heavy (non-hydrogen) atoms. The molecule has 0 spiro atoms. The van der Waals surface area contributed by atoms with Crippen molar-refractivity contribution in [1.82, 2.24) is 25.2 Å². The second kappa shape index (κ2) is 11.1. The molecule has 0 unspecified atom stereocenters. The molecule has 0 aromatic carbocycles. The number of amides is 2. The zero-order valence-electron chi connectivity index (χ0n) is 19.4. The van der Waals surface area contributed by atoms with Gasteiger partial charge in [0.25, 0.3) is 5.91 Å². The fraction of sp³-hybridized carbons (Fsp3) is 0.375. The van der Waals surface area contributed by atoms with E-state index < -0.39 is 0 Å². The number of aryl methyl sites for hydroxylation is 1. The molecule has 9 nitrogen and oxygen atoms in total. The number of carbonyl (C=O) groups excluding carboxylic acids is 2. The Labute approximate surface area is 203 Å². The summed E-state index contributed by atoms with van der Waals surface area (Å²) in [5, 5.41) is 3.52. The Hall–Kier alpha value is -3.40. The highest BCUT2D eigenvalue weighted by Crippen LogP contribution is 2.25. The summed E-state index contributed by atoms with van der Waals surface area (Å²) in [5.41, 5.74) is 1.94. The van der Waals surface area contributed by atoms with Gasteiger partial charge in [-0.3, -0.25) is 14.6 Å². The van der Waals surface area contributed by atoms with Crippen LogP contribution in [0.2, 0.25) is 0 Å². The summed E-state index contributed by atoms with van der Waals surface area (Å²) in [6.45, 7) is 6.98. The molecule has 0 saturated carbocycles. The van der Waals surface area contributed by atoms with Crippen LogP contribution in [0.1, 0.15) is 41.4 Å². The number of rotatable bonds is 8. The first-order valence-corrected chi connectivity index (χ1v) is 12.3. The third-order valence-corrected chi connectivity index (χ3v) is 6.46. The Balaban J connectivity index is 1.35. The van der Waals surface area contributed by atoms with Gasteiger partial charge in [-0.05, 0) is 36.2 Å². The average molecular weight is 481 g/mol. The van der Waals surface area contributed by atoms with Crippen molar-refractivity contribution in [2.24, 2.45) is 0 Å². The number of hydrogen-bond donors (Lipinski definition) is 1. The topological polar surface area (TPSA) is 104 Å². The number of piperazine rings is 1. The van der Waals surface area contributed by atoms with Crippen molar-refractivity contribution in [3.8, 4) is 0 Å². The number of carbonyl (C=O) groups is 2. The number of anilines is 1. The van der Waals surface area contributed by atoms with Crippen LogP contribution in [0.4, 0.5) is 5.82 Å². The molecule has 1 saturated heterocycles. The van der Waals surface area contributed by atoms with Crippen molar-refractivity contribution < 1.29 is 14.0 Å². The van der Waals surface area contributed by atoms with E-state index in [9.17, 15) is 9.59 Å². The van der Waals surface area contributed by atoms with Crippen LogP contribution in [-0.2, 0) is 23.5 Å². The lowest BCUT2D eigenvalue weighted by atomic mass is 10.2. The Morgan fingerprint density at radius 3 is 2.56 bits per heavy atom. The maximum absolute atomic E-state index is 12.4. The first-order valence-electron chi connectivity index (χ1n) is 11.3.